The number of hydrogen-bond donors (Lipinski definition) is 1. The first-order chi connectivity index (χ1) is 8.83. The normalized spacial score (nSPS) is 24.3. The molecule has 0 spiro atoms. The Morgan fingerprint density at radius 1 is 0.944 bits per heavy atom. The maximum absolute atomic E-state index is 3.68. The molecule has 18 heavy (non-hydrogen) atoms. The van der Waals surface area contributed by atoms with Crippen molar-refractivity contribution < 1.29 is 0 Å². The molecule has 1 heteroatoms. The summed E-state index contributed by atoms with van der Waals surface area (Å²) in [5.74, 6) is 1.95. The summed E-state index contributed by atoms with van der Waals surface area (Å²) < 4.78 is 0. The predicted molar refractivity (Wildman–Crippen MR) is 82.0 cm³/mol. The highest BCUT2D eigenvalue weighted by molar-refractivity contribution is 4.72. The molecule has 1 nitrogen and oxygen atoms in total. The van der Waals surface area contributed by atoms with Gasteiger partial charge in [0.25, 0.3) is 0 Å². The highest BCUT2D eigenvalue weighted by Crippen LogP contribution is 2.27. The lowest BCUT2D eigenvalue weighted by molar-refractivity contribution is 0.274. The van der Waals surface area contributed by atoms with Crippen molar-refractivity contribution in [1.82, 2.24) is 5.32 Å². The van der Waals surface area contributed by atoms with Crippen molar-refractivity contribution in [1.29, 1.82) is 0 Å². The number of nitrogens with one attached hydrogen (secondary N) is 1. The van der Waals surface area contributed by atoms with E-state index in [4.69, 9.17) is 0 Å². The molecular weight excluding hydrogens is 218 g/mol. The van der Waals surface area contributed by atoms with Gasteiger partial charge in [-0.15, -0.1) is 0 Å². The fraction of sp³-hybridized carbons (Fsp3) is 1.00. The second-order valence-electron chi connectivity index (χ2n) is 6.46. The Morgan fingerprint density at radius 3 is 2.39 bits per heavy atom. The molecule has 0 bridgehead atoms. The molecule has 0 heterocycles. The van der Waals surface area contributed by atoms with Crippen LogP contribution in [0.3, 0.4) is 0 Å². The molecule has 1 N–H and O–H groups in total. The van der Waals surface area contributed by atoms with E-state index in [-0.39, 0.29) is 0 Å². The van der Waals surface area contributed by atoms with E-state index in [2.05, 4.69) is 19.2 Å². The maximum Gasteiger partial charge on any atom is -0.00204 e. The van der Waals surface area contributed by atoms with E-state index in [1.165, 1.54) is 83.7 Å². The van der Waals surface area contributed by atoms with Crippen LogP contribution in [0.1, 0.15) is 84.5 Å². The first-order valence-electron chi connectivity index (χ1n) is 8.53. The molecule has 0 aromatic heterocycles. The molecule has 0 amide bonds. The van der Waals surface area contributed by atoms with E-state index >= 15 is 0 Å². The van der Waals surface area contributed by atoms with E-state index in [1.807, 2.05) is 0 Å². The summed E-state index contributed by atoms with van der Waals surface area (Å²) in [6, 6.07) is 0. The third kappa shape index (κ3) is 8.13. The highest BCUT2D eigenvalue weighted by Gasteiger charge is 2.17. The molecule has 0 radical (unpaired) electrons. The minimum absolute atomic E-state index is 0.971. The number of unbranched alkanes of at least 4 members (excludes halogenated alkanes) is 6. The molecule has 108 valence electrons. The lowest BCUT2D eigenvalue weighted by atomic mass is 9.82. The van der Waals surface area contributed by atoms with Crippen LogP contribution in [0.4, 0.5) is 0 Å². The minimum Gasteiger partial charge on any atom is -0.316 e. The van der Waals surface area contributed by atoms with Gasteiger partial charge in [0.2, 0.25) is 0 Å². The van der Waals surface area contributed by atoms with Crippen molar-refractivity contribution in [2.75, 3.05) is 13.1 Å². The number of hydrogen-bond acceptors (Lipinski definition) is 1. The summed E-state index contributed by atoms with van der Waals surface area (Å²) in [6.07, 6.45) is 15.8. The average Bonchev–Trinajstić information content (AvgIpc) is 2.37. The largest absolute Gasteiger partial charge is 0.316 e. The first kappa shape index (κ1) is 16.0. The smallest absolute Gasteiger partial charge is 0.00204 e. The fourth-order valence-electron chi connectivity index (χ4n) is 3.26. The van der Waals surface area contributed by atoms with Crippen molar-refractivity contribution in [3.05, 3.63) is 0 Å². The lowest BCUT2D eigenvalue weighted by Crippen LogP contribution is -2.27. The number of rotatable bonds is 10. The Kier molecular flexibility index (Phi) is 9.65. The van der Waals surface area contributed by atoms with Gasteiger partial charge in [0.15, 0.2) is 0 Å². The van der Waals surface area contributed by atoms with Crippen LogP contribution in [0.15, 0.2) is 0 Å². The molecule has 1 fully saturated rings. The molecule has 0 saturated heterocycles. The van der Waals surface area contributed by atoms with E-state index in [9.17, 15) is 0 Å². The van der Waals surface area contributed by atoms with Crippen LogP contribution in [-0.2, 0) is 0 Å². The first-order valence-corrected chi connectivity index (χ1v) is 8.53. The van der Waals surface area contributed by atoms with Crippen LogP contribution < -0.4 is 5.32 Å². The quantitative estimate of drug-likeness (QED) is 0.531. The second kappa shape index (κ2) is 10.8. The van der Waals surface area contributed by atoms with Crippen LogP contribution in [0.2, 0.25) is 0 Å². The van der Waals surface area contributed by atoms with Crippen molar-refractivity contribution in [3.8, 4) is 0 Å². The third-order valence-corrected chi connectivity index (χ3v) is 4.44. The molecular formula is C17H35N. The van der Waals surface area contributed by atoms with Crippen molar-refractivity contribution in [3.63, 3.8) is 0 Å². The molecule has 0 aromatic carbocycles. The van der Waals surface area contributed by atoms with E-state index in [0.29, 0.717) is 0 Å². The molecule has 0 aliphatic heterocycles. The van der Waals surface area contributed by atoms with Crippen molar-refractivity contribution >= 4 is 0 Å². The molecule has 0 aromatic rings. The summed E-state index contributed by atoms with van der Waals surface area (Å²) in [5.41, 5.74) is 0. The van der Waals surface area contributed by atoms with Crippen LogP contribution >= 0.6 is 0 Å². The summed E-state index contributed by atoms with van der Waals surface area (Å²) in [7, 11) is 0. The van der Waals surface area contributed by atoms with Gasteiger partial charge >= 0.3 is 0 Å². The van der Waals surface area contributed by atoms with Gasteiger partial charge in [-0.25, -0.2) is 0 Å². The van der Waals surface area contributed by atoms with Gasteiger partial charge in [-0.05, 0) is 44.2 Å². The van der Waals surface area contributed by atoms with Gasteiger partial charge in [-0.2, -0.15) is 0 Å². The average molecular weight is 253 g/mol. The molecule has 1 saturated carbocycles. The summed E-state index contributed by atoms with van der Waals surface area (Å²) in [4.78, 5) is 0. The van der Waals surface area contributed by atoms with E-state index in [1.54, 1.807) is 0 Å². The molecule has 2 atom stereocenters. The van der Waals surface area contributed by atoms with Gasteiger partial charge in [-0.1, -0.05) is 65.2 Å². The summed E-state index contributed by atoms with van der Waals surface area (Å²) in [6.45, 7) is 7.23. The van der Waals surface area contributed by atoms with E-state index < -0.39 is 0 Å². The SMILES string of the molecule is CCCCCCCCCNCC1CCCC(C)C1. The Bertz CT molecular complexity index is 178. The molecule has 1 rings (SSSR count). The molecule has 1 aliphatic rings. The van der Waals surface area contributed by atoms with Crippen molar-refractivity contribution in [2.45, 2.75) is 84.5 Å². The Balaban J connectivity index is 1.80. The lowest BCUT2D eigenvalue weighted by Gasteiger charge is -2.26. The monoisotopic (exact) mass is 253 g/mol. The summed E-state index contributed by atoms with van der Waals surface area (Å²) >= 11 is 0. The van der Waals surface area contributed by atoms with Crippen LogP contribution in [0.25, 0.3) is 0 Å². The Morgan fingerprint density at radius 2 is 1.67 bits per heavy atom. The van der Waals surface area contributed by atoms with Gasteiger partial charge in [-0.3, -0.25) is 0 Å². The third-order valence-electron chi connectivity index (χ3n) is 4.44. The highest BCUT2D eigenvalue weighted by atomic mass is 14.9. The van der Waals surface area contributed by atoms with Gasteiger partial charge < -0.3 is 5.32 Å². The second-order valence-corrected chi connectivity index (χ2v) is 6.46. The summed E-state index contributed by atoms with van der Waals surface area (Å²) in [5, 5.41) is 3.68. The topological polar surface area (TPSA) is 12.0 Å². The standard InChI is InChI=1S/C17H35N/c1-3-4-5-6-7-8-9-13-18-15-17-12-10-11-16(2)14-17/h16-18H,3-15H2,1-2H3. The Labute approximate surface area is 115 Å². The predicted octanol–water partition coefficient (Wildman–Crippen LogP) is 5.15. The van der Waals surface area contributed by atoms with Crippen molar-refractivity contribution in [2.24, 2.45) is 11.8 Å². The zero-order chi connectivity index (χ0) is 13.1. The van der Waals surface area contributed by atoms with Crippen LogP contribution in [0.5, 0.6) is 0 Å². The maximum atomic E-state index is 3.68. The zero-order valence-corrected chi connectivity index (χ0v) is 12.8. The van der Waals surface area contributed by atoms with E-state index in [0.717, 1.165) is 11.8 Å². The fourth-order valence-corrected chi connectivity index (χ4v) is 3.26. The van der Waals surface area contributed by atoms with Gasteiger partial charge in [0.1, 0.15) is 0 Å². The van der Waals surface area contributed by atoms with Crippen LogP contribution in [-0.4, -0.2) is 13.1 Å². The minimum atomic E-state index is 0.971. The van der Waals surface area contributed by atoms with Gasteiger partial charge in [0.05, 0.1) is 0 Å². The zero-order valence-electron chi connectivity index (χ0n) is 12.8. The van der Waals surface area contributed by atoms with Gasteiger partial charge in [0, 0.05) is 0 Å². The molecule has 2 unspecified atom stereocenters. The molecule has 1 aliphatic carbocycles. The Hall–Kier alpha value is -0.0400. The van der Waals surface area contributed by atoms with Crippen LogP contribution in [0, 0.1) is 11.8 Å².